The average molecular weight is 294 g/mol. The summed E-state index contributed by atoms with van der Waals surface area (Å²) < 4.78 is 26.2. The quantitative estimate of drug-likeness (QED) is 0.924. The largest absolute Gasteiger partial charge is 0.338 e. The van der Waals surface area contributed by atoms with Gasteiger partial charge in [0, 0.05) is 25.0 Å². The minimum Gasteiger partial charge on any atom is -0.338 e. The van der Waals surface area contributed by atoms with Crippen molar-refractivity contribution < 1.29 is 13.6 Å². The second-order valence-electron chi connectivity index (χ2n) is 6.01. The number of hydrogen-bond acceptors (Lipinski definition) is 2. The highest BCUT2D eigenvalue weighted by Gasteiger charge is 2.47. The highest BCUT2D eigenvalue weighted by molar-refractivity contribution is 5.83. The Kier molecular flexibility index (Phi) is 3.93. The fourth-order valence-electron chi connectivity index (χ4n) is 3.37. The lowest BCUT2D eigenvalue weighted by molar-refractivity contribution is -0.133. The molecule has 2 aliphatic rings. The molecule has 0 aromatic heterocycles. The van der Waals surface area contributed by atoms with E-state index in [4.69, 9.17) is 0 Å². The summed E-state index contributed by atoms with van der Waals surface area (Å²) in [7, 11) is 1.89. The lowest BCUT2D eigenvalue weighted by atomic mass is 10.1. The summed E-state index contributed by atoms with van der Waals surface area (Å²) in [4.78, 5) is 14.5. The zero-order valence-electron chi connectivity index (χ0n) is 12.1. The fourth-order valence-corrected chi connectivity index (χ4v) is 3.37. The van der Waals surface area contributed by atoms with E-state index in [0.29, 0.717) is 0 Å². The first-order chi connectivity index (χ1) is 10.1. The van der Waals surface area contributed by atoms with E-state index in [2.05, 4.69) is 5.32 Å². The molecule has 3 atom stereocenters. The molecule has 1 aromatic rings. The van der Waals surface area contributed by atoms with Crippen LogP contribution in [0.5, 0.6) is 0 Å². The number of rotatable bonds is 4. The van der Waals surface area contributed by atoms with Crippen molar-refractivity contribution in [3.63, 3.8) is 0 Å². The number of amides is 1. The highest BCUT2D eigenvalue weighted by atomic mass is 19.2. The monoisotopic (exact) mass is 294 g/mol. The summed E-state index contributed by atoms with van der Waals surface area (Å²) in [5.74, 6) is -1.52. The molecule has 3 rings (SSSR count). The van der Waals surface area contributed by atoms with Crippen molar-refractivity contribution in [3.05, 3.63) is 35.4 Å². The van der Waals surface area contributed by atoms with Gasteiger partial charge in [0.25, 0.3) is 0 Å². The number of likely N-dealkylation sites (tertiary alicyclic amines) is 1. The lowest BCUT2D eigenvalue weighted by Gasteiger charge is -2.24. The van der Waals surface area contributed by atoms with Crippen molar-refractivity contribution in [1.29, 1.82) is 0 Å². The van der Waals surface area contributed by atoms with Gasteiger partial charge in [-0.1, -0.05) is 6.07 Å². The van der Waals surface area contributed by atoms with Gasteiger partial charge in [0.15, 0.2) is 11.6 Å². The Balaban J connectivity index is 1.66. The molecule has 2 fully saturated rings. The van der Waals surface area contributed by atoms with Gasteiger partial charge in [-0.05, 0) is 49.9 Å². The molecule has 114 valence electrons. The van der Waals surface area contributed by atoms with Crippen molar-refractivity contribution in [2.45, 2.75) is 31.2 Å². The summed E-state index contributed by atoms with van der Waals surface area (Å²) in [6.45, 7) is 1.63. The van der Waals surface area contributed by atoms with Crippen molar-refractivity contribution >= 4 is 5.91 Å². The van der Waals surface area contributed by atoms with Crippen LogP contribution in [-0.4, -0.2) is 37.0 Å². The van der Waals surface area contributed by atoms with Gasteiger partial charge >= 0.3 is 0 Å². The van der Waals surface area contributed by atoms with Crippen LogP contribution in [0.4, 0.5) is 8.78 Å². The number of carbonyl (C=O) groups is 1. The van der Waals surface area contributed by atoms with Gasteiger partial charge in [0.05, 0.1) is 0 Å². The molecule has 1 amide bonds. The Hall–Kier alpha value is -1.49. The minimum absolute atomic E-state index is 0.0448. The maximum Gasteiger partial charge on any atom is 0.226 e. The van der Waals surface area contributed by atoms with Crippen LogP contribution < -0.4 is 5.32 Å². The third-order valence-corrected chi connectivity index (χ3v) is 4.58. The van der Waals surface area contributed by atoms with Gasteiger partial charge in [0.1, 0.15) is 0 Å². The van der Waals surface area contributed by atoms with Crippen LogP contribution in [0.25, 0.3) is 0 Å². The molecule has 1 saturated carbocycles. The van der Waals surface area contributed by atoms with E-state index in [1.807, 2.05) is 11.9 Å². The van der Waals surface area contributed by atoms with Gasteiger partial charge < -0.3 is 10.2 Å². The Morgan fingerprint density at radius 1 is 1.38 bits per heavy atom. The van der Waals surface area contributed by atoms with Crippen LogP contribution in [0.1, 0.15) is 30.7 Å². The molecule has 1 heterocycles. The van der Waals surface area contributed by atoms with Crippen LogP contribution >= 0.6 is 0 Å². The molecular formula is C16H20F2N2O. The van der Waals surface area contributed by atoms with Crippen molar-refractivity contribution in [1.82, 2.24) is 10.2 Å². The molecule has 21 heavy (non-hydrogen) atoms. The molecule has 0 radical (unpaired) electrons. The Bertz CT molecular complexity index is 549. The van der Waals surface area contributed by atoms with Gasteiger partial charge in [0.2, 0.25) is 5.91 Å². The van der Waals surface area contributed by atoms with Crippen LogP contribution in [0.2, 0.25) is 0 Å². The fraction of sp³-hybridized carbons (Fsp3) is 0.562. The van der Waals surface area contributed by atoms with E-state index in [0.717, 1.165) is 44.0 Å². The topological polar surface area (TPSA) is 32.3 Å². The van der Waals surface area contributed by atoms with E-state index in [-0.39, 0.29) is 23.8 Å². The third kappa shape index (κ3) is 2.79. The summed E-state index contributed by atoms with van der Waals surface area (Å²) in [6, 6.07) is 4.23. The molecule has 3 nitrogen and oxygen atoms in total. The first kappa shape index (κ1) is 14.4. The zero-order chi connectivity index (χ0) is 15.0. The number of halogens is 2. The number of nitrogens with one attached hydrogen (secondary N) is 1. The SMILES string of the molecule is CNCC1CCCN1C(=O)C1CC1c1ccc(F)c(F)c1. The number of carbonyl (C=O) groups excluding carboxylic acids is 1. The molecule has 1 saturated heterocycles. The minimum atomic E-state index is -0.837. The predicted octanol–water partition coefficient (Wildman–Crippen LogP) is 2.28. The molecule has 3 unspecified atom stereocenters. The van der Waals surface area contributed by atoms with Crippen molar-refractivity contribution in [2.24, 2.45) is 5.92 Å². The van der Waals surface area contributed by atoms with Crippen LogP contribution in [0, 0.1) is 17.6 Å². The molecule has 5 heteroatoms. The maximum atomic E-state index is 13.3. The van der Waals surface area contributed by atoms with Crippen LogP contribution in [0.3, 0.4) is 0 Å². The van der Waals surface area contributed by atoms with Gasteiger partial charge in [-0.2, -0.15) is 0 Å². The van der Waals surface area contributed by atoms with Gasteiger partial charge in [-0.15, -0.1) is 0 Å². The molecule has 1 aromatic carbocycles. The molecule has 1 N–H and O–H groups in total. The summed E-state index contributed by atoms with van der Waals surface area (Å²) in [5.41, 5.74) is 0.733. The van der Waals surface area contributed by atoms with E-state index >= 15 is 0 Å². The van der Waals surface area contributed by atoms with E-state index in [9.17, 15) is 13.6 Å². The maximum absolute atomic E-state index is 13.3. The first-order valence-corrected chi connectivity index (χ1v) is 7.52. The normalized spacial score (nSPS) is 28.0. The summed E-state index contributed by atoms with van der Waals surface area (Å²) in [5, 5.41) is 3.13. The molecule has 0 spiro atoms. The van der Waals surface area contributed by atoms with Gasteiger partial charge in [-0.3, -0.25) is 4.79 Å². The molecule has 0 bridgehead atoms. The number of nitrogens with zero attached hydrogens (tertiary/aromatic N) is 1. The highest BCUT2D eigenvalue weighted by Crippen LogP contribution is 2.49. The summed E-state index contributed by atoms with van der Waals surface area (Å²) >= 11 is 0. The lowest BCUT2D eigenvalue weighted by Crippen LogP contribution is -2.41. The summed E-state index contributed by atoms with van der Waals surface area (Å²) in [6.07, 6.45) is 2.82. The molecule has 1 aliphatic heterocycles. The molecular weight excluding hydrogens is 274 g/mol. The zero-order valence-corrected chi connectivity index (χ0v) is 12.1. The smallest absolute Gasteiger partial charge is 0.226 e. The second kappa shape index (κ2) is 5.72. The van der Waals surface area contributed by atoms with E-state index < -0.39 is 11.6 Å². The third-order valence-electron chi connectivity index (χ3n) is 4.58. The van der Waals surface area contributed by atoms with Crippen LogP contribution in [0.15, 0.2) is 18.2 Å². The standard InChI is InChI=1S/C16H20F2N2O/c1-19-9-11-3-2-6-20(11)16(21)13-8-12(13)10-4-5-14(17)15(18)7-10/h4-5,7,11-13,19H,2-3,6,8-9H2,1H3. The Labute approximate surface area is 123 Å². The van der Waals surface area contributed by atoms with Crippen molar-refractivity contribution in [3.8, 4) is 0 Å². The second-order valence-corrected chi connectivity index (χ2v) is 6.01. The number of likely N-dealkylation sites (N-methyl/N-ethyl adjacent to an activating group) is 1. The Morgan fingerprint density at radius 3 is 2.90 bits per heavy atom. The van der Waals surface area contributed by atoms with E-state index in [1.165, 1.54) is 6.07 Å². The molecule has 1 aliphatic carbocycles. The number of hydrogen-bond donors (Lipinski definition) is 1. The van der Waals surface area contributed by atoms with Crippen molar-refractivity contribution in [2.75, 3.05) is 20.1 Å². The van der Waals surface area contributed by atoms with E-state index in [1.54, 1.807) is 6.07 Å². The first-order valence-electron chi connectivity index (χ1n) is 7.52. The van der Waals surface area contributed by atoms with Crippen LogP contribution in [-0.2, 0) is 4.79 Å². The number of benzene rings is 1. The Morgan fingerprint density at radius 2 is 2.19 bits per heavy atom. The predicted molar refractivity (Wildman–Crippen MR) is 75.9 cm³/mol. The average Bonchev–Trinajstić information content (AvgIpc) is 3.14. The van der Waals surface area contributed by atoms with Gasteiger partial charge in [-0.25, -0.2) is 8.78 Å².